The summed E-state index contributed by atoms with van der Waals surface area (Å²) in [5.74, 6) is -5.59. The lowest BCUT2D eigenvalue weighted by Crippen LogP contribution is -2.60. The minimum Gasteiger partial charge on any atom is -0.445 e. The Morgan fingerprint density at radius 3 is 1.89 bits per heavy atom. The zero-order valence-electron chi connectivity index (χ0n) is 54.3. The Kier molecular flexibility index (Phi) is 29.2. The number of amides is 10. The SMILES string of the molecule is CC[C@H](C)[C@@H]([C@@H](CC(=O)N1CCC[C@H]1[C@H](OC)[C@@H](C)C(=O)N[C@H](C)[C@@H](O)c1ccccc1)OC)N(C)C(=O)[C@@H](NC(=O)[C@H](C(C)C)N(C)C(=O)OCc1ccc(NC(=O)[C@H](C)NC(=O)[C@@H](NC(=O)CCCCCN2C(=O)C=CC2=O)C(C)C)cc1)C(C)C. The molecule has 0 saturated carbocycles. The van der Waals surface area contributed by atoms with Gasteiger partial charge in [-0.3, -0.25) is 53.0 Å². The molecule has 6 N–H and O–H groups in total. The Hall–Kier alpha value is -7.24. The van der Waals surface area contributed by atoms with Crippen LogP contribution in [-0.4, -0.2) is 180 Å². The highest BCUT2D eigenvalue weighted by Gasteiger charge is 2.44. The largest absolute Gasteiger partial charge is 0.445 e. The van der Waals surface area contributed by atoms with Gasteiger partial charge in [-0.1, -0.05) is 118 Å². The van der Waals surface area contributed by atoms with E-state index in [1.54, 1.807) is 94.8 Å². The number of nitrogens with one attached hydrogen (secondary N) is 5. The summed E-state index contributed by atoms with van der Waals surface area (Å²) in [6, 6.07) is 9.94. The molecule has 2 heterocycles. The molecule has 2 aromatic rings. The summed E-state index contributed by atoms with van der Waals surface area (Å²) in [6.07, 6.45) is 2.90. The number of hydrogen-bond acceptors (Lipinski definition) is 14. The molecule has 0 bridgehead atoms. The molecule has 23 heteroatoms. The van der Waals surface area contributed by atoms with E-state index in [-0.39, 0.29) is 67.4 Å². The molecule has 1 fully saturated rings. The summed E-state index contributed by atoms with van der Waals surface area (Å²) in [6.45, 7) is 20.2. The molecule has 2 aromatic carbocycles. The Bertz CT molecular complexity index is 2690. The number of unbranched alkanes of at least 4 members (excludes halogenated alkanes) is 2. The summed E-state index contributed by atoms with van der Waals surface area (Å²) < 4.78 is 17.7. The molecule has 88 heavy (non-hydrogen) atoms. The van der Waals surface area contributed by atoms with E-state index in [1.165, 1.54) is 45.2 Å². The van der Waals surface area contributed by atoms with Crippen LogP contribution in [0.2, 0.25) is 0 Å². The number of likely N-dealkylation sites (N-methyl/N-ethyl adjacent to an activating group) is 2. The number of carbonyl (C=O) groups is 10. The van der Waals surface area contributed by atoms with E-state index >= 15 is 0 Å². The zero-order chi connectivity index (χ0) is 65.7. The second-order valence-corrected chi connectivity index (χ2v) is 24.5. The number of aliphatic hydroxyl groups excluding tert-OH is 1. The molecule has 4 rings (SSSR count). The molecule has 0 spiro atoms. The van der Waals surface area contributed by atoms with Crippen LogP contribution in [0.15, 0.2) is 66.7 Å². The first-order chi connectivity index (χ1) is 41.6. The van der Waals surface area contributed by atoms with Gasteiger partial charge in [-0.25, -0.2) is 4.79 Å². The number of aliphatic hydroxyl groups is 1. The highest BCUT2D eigenvalue weighted by Crippen LogP contribution is 2.30. The molecule has 0 unspecified atom stereocenters. The molecule has 23 nitrogen and oxygen atoms in total. The van der Waals surface area contributed by atoms with Crippen LogP contribution in [0, 0.1) is 29.6 Å². The van der Waals surface area contributed by atoms with Crippen molar-refractivity contribution < 1.29 is 67.3 Å². The summed E-state index contributed by atoms with van der Waals surface area (Å²) >= 11 is 0. The smallest absolute Gasteiger partial charge is 0.410 e. The average Bonchev–Trinajstić information content (AvgIpc) is 3.02. The van der Waals surface area contributed by atoms with E-state index in [0.29, 0.717) is 61.9 Å². The van der Waals surface area contributed by atoms with Crippen molar-refractivity contribution in [3.8, 4) is 0 Å². The van der Waals surface area contributed by atoms with Gasteiger partial charge < -0.3 is 55.7 Å². The van der Waals surface area contributed by atoms with Gasteiger partial charge in [0.05, 0.1) is 48.8 Å². The molecule has 12 atom stereocenters. The van der Waals surface area contributed by atoms with Gasteiger partial charge in [0.25, 0.3) is 11.8 Å². The first kappa shape index (κ1) is 73.2. The Balaban J connectivity index is 1.32. The fourth-order valence-corrected chi connectivity index (χ4v) is 11.4. The maximum atomic E-state index is 14.8. The van der Waals surface area contributed by atoms with Gasteiger partial charge in [-0.2, -0.15) is 0 Å². The van der Waals surface area contributed by atoms with Crippen molar-refractivity contribution in [3.63, 3.8) is 0 Å². The maximum Gasteiger partial charge on any atom is 0.410 e. The third-order valence-corrected chi connectivity index (χ3v) is 16.9. The Morgan fingerprint density at radius 1 is 0.693 bits per heavy atom. The predicted octanol–water partition coefficient (Wildman–Crippen LogP) is 5.65. The van der Waals surface area contributed by atoms with Crippen LogP contribution < -0.4 is 26.6 Å². The molecule has 0 aromatic heterocycles. The average molecular weight is 1230 g/mol. The molecule has 0 aliphatic carbocycles. The summed E-state index contributed by atoms with van der Waals surface area (Å²) in [5.41, 5.74) is 1.64. The molecular formula is C65H99N9O14. The number of imide groups is 1. The molecule has 1 saturated heterocycles. The number of rotatable bonds is 34. The van der Waals surface area contributed by atoms with Gasteiger partial charge in [0, 0.05) is 65.7 Å². The normalized spacial score (nSPS) is 17.9. The van der Waals surface area contributed by atoms with Crippen molar-refractivity contribution >= 4 is 64.9 Å². The predicted molar refractivity (Wildman–Crippen MR) is 332 cm³/mol. The van der Waals surface area contributed by atoms with Crippen LogP contribution >= 0.6 is 0 Å². The highest BCUT2D eigenvalue weighted by molar-refractivity contribution is 6.12. The lowest BCUT2D eigenvalue weighted by molar-refractivity contribution is -0.148. The van der Waals surface area contributed by atoms with Gasteiger partial charge >= 0.3 is 6.09 Å². The van der Waals surface area contributed by atoms with Crippen molar-refractivity contribution in [2.24, 2.45) is 29.6 Å². The molecule has 2 aliphatic rings. The van der Waals surface area contributed by atoms with Crippen LogP contribution in [-0.2, 0) is 64.0 Å². The van der Waals surface area contributed by atoms with Gasteiger partial charge in [0.2, 0.25) is 41.4 Å². The molecular weight excluding hydrogens is 1130 g/mol. The first-order valence-corrected chi connectivity index (χ1v) is 31.0. The topological polar surface area (TPSA) is 292 Å². The third kappa shape index (κ3) is 20.4. The van der Waals surface area contributed by atoms with E-state index < -0.39 is 108 Å². The van der Waals surface area contributed by atoms with Gasteiger partial charge in [-0.15, -0.1) is 0 Å². The third-order valence-electron chi connectivity index (χ3n) is 16.9. The van der Waals surface area contributed by atoms with Crippen molar-refractivity contribution in [1.29, 1.82) is 0 Å². The van der Waals surface area contributed by atoms with Crippen LogP contribution in [0.5, 0.6) is 0 Å². The van der Waals surface area contributed by atoms with Gasteiger partial charge in [-0.05, 0) is 86.5 Å². The fraction of sp³-hybridized carbons (Fsp3) is 0.631. The summed E-state index contributed by atoms with van der Waals surface area (Å²) in [5, 5.41) is 25.0. The van der Waals surface area contributed by atoms with Gasteiger partial charge in [0.1, 0.15) is 30.8 Å². The summed E-state index contributed by atoms with van der Waals surface area (Å²) in [4.78, 5) is 139. The van der Waals surface area contributed by atoms with Crippen LogP contribution in [0.3, 0.4) is 0 Å². The molecule has 2 aliphatic heterocycles. The Labute approximate surface area is 520 Å². The minimum absolute atomic E-state index is 0.0797. The van der Waals surface area contributed by atoms with E-state index in [9.17, 15) is 53.1 Å². The maximum absolute atomic E-state index is 14.8. The van der Waals surface area contributed by atoms with E-state index in [2.05, 4.69) is 26.6 Å². The molecule has 488 valence electrons. The lowest BCUT2D eigenvalue weighted by atomic mass is 9.89. The van der Waals surface area contributed by atoms with Crippen molar-refractivity contribution in [3.05, 3.63) is 77.9 Å². The highest BCUT2D eigenvalue weighted by atomic mass is 16.6. The number of hydrogen-bond donors (Lipinski definition) is 6. The second kappa shape index (κ2) is 35.1. The lowest BCUT2D eigenvalue weighted by Gasteiger charge is -2.41. The number of anilines is 1. The number of carbonyl (C=O) groups excluding carboxylic acids is 10. The number of benzene rings is 2. The molecule has 0 radical (unpaired) electrons. The van der Waals surface area contributed by atoms with E-state index in [1.807, 2.05) is 45.9 Å². The number of likely N-dealkylation sites (tertiary alicyclic amines) is 1. The number of methoxy groups -OCH3 is 2. The monoisotopic (exact) mass is 1230 g/mol. The van der Waals surface area contributed by atoms with E-state index in [0.717, 1.165) is 4.90 Å². The van der Waals surface area contributed by atoms with Crippen LogP contribution in [0.25, 0.3) is 0 Å². The van der Waals surface area contributed by atoms with Crippen molar-refractivity contribution in [2.75, 3.05) is 46.7 Å². The Morgan fingerprint density at radius 2 is 1.32 bits per heavy atom. The van der Waals surface area contributed by atoms with E-state index in [4.69, 9.17) is 14.2 Å². The standard InChI is InChI=1S/C65H99N9O14/c1-16-41(8)57(49(86-14)36-53(78)73-35-23-26-48(73)59(87-15)42(9)60(80)66-43(10)58(79)46-24-19-17-20-25-46)71(12)64(84)55(39(4)5)70-63(83)56(40(6)7)72(13)65(85)88-37-45-28-30-47(31-29-45)68-61(81)44(11)67-62(82)54(38(2)3)69-50(75)27-21-18-22-34-74-51(76)32-33-52(74)77/h17,19-20,24-25,28-33,38-44,48-49,54-59,79H,16,18,21-23,26-27,34-37H2,1-15H3,(H,66,80)(H,67,82)(H,68,81)(H,69,75)(H,70,83)/t41-,42+,43+,44-,48-,49+,54-,55-,56-,57-,58+,59+/m0/s1. The van der Waals surface area contributed by atoms with Crippen molar-refractivity contribution in [1.82, 2.24) is 40.9 Å². The minimum atomic E-state index is -1.06. The fourth-order valence-electron chi connectivity index (χ4n) is 11.4. The van der Waals surface area contributed by atoms with Crippen LogP contribution in [0.4, 0.5) is 10.5 Å². The molecule has 10 amide bonds. The first-order valence-electron chi connectivity index (χ1n) is 31.0. The zero-order valence-corrected chi connectivity index (χ0v) is 54.3. The van der Waals surface area contributed by atoms with Crippen LogP contribution in [0.1, 0.15) is 145 Å². The number of nitrogens with zero attached hydrogens (tertiary/aromatic N) is 4. The van der Waals surface area contributed by atoms with Crippen molar-refractivity contribution in [2.45, 2.75) is 195 Å². The second-order valence-electron chi connectivity index (χ2n) is 24.5. The quantitative estimate of drug-likeness (QED) is 0.0365. The van der Waals surface area contributed by atoms with Gasteiger partial charge in [0.15, 0.2) is 0 Å². The summed E-state index contributed by atoms with van der Waals surface area (Å²) in [7, 11) is 6.11. The number of ether oxygens (including phenoxy) is 3.